The molecule has 120 valence electrons. The molecule has 0 atom stereocenters. The Balaban J connectivity index is 1.93. The zero-order valence-electron chi connectivity index (χ0n) is 12.6. The Labute approximate surface area is 141 Å². The molecule has 1 aromatic rings. The van der Waals surface area contributed by atoms with Crippen LogP contribution in [-0.4, -0.2) is 47.8 Å². The molecule has 0 radical (unpaired) electrons. The van der Waals surface area contributed by atoms with Crippen molar-refractivity contribution in [3.63, 3.8) is 0 Å². The molecule has 1 aromatic carbocycles. The highest BCUT2D eigenvalue weighted by molar-refractivity contribution is 6.35. The second-order valence-electron chi connectivity index (χ2n) is 5.43. The Hall–Kier alpha value is -1.26. The van der Waals surface area contributed by atoms with Crippen LogP contribution in [0.1, 0.15) is 36.5 Å². The average Bonchev–Trinajstić information content (AvgIpc) is 2.51. The maximum Gasteiger partial charge on any atom is 0.254 e. The predicted octanol–water partition coefficient (Wildman–Crippen LogP) is 3.47. The van der Waals surface area contributed by atoms with Gasteiger partial charge in [0, 0.05) is 48.2 Å². The van der Waals surface area contributed by atoms with Crippen molar-refractivity contribution in [2.75, 3.05) is 26.2 Å². The van der Waals surface area contributed by atoms with Gasteiger partial charge in [-0.25, -0.2) is 0 Å². The summed E-state index contributed by atoms with van der Waals surface area (Å²) < 4.78 is 0. The maximum absolute atomic E-state index is 12.5. The van der Waals surface area contributed by atoms with Crippen LogP contribution in [0, 0.1) is 0 Å². The number of unbranched alkanes of at least 4 members (excludes halogenated alkanes) is 1. The van der Waals surface area contributed by atoms with Crippen molar-refractivity contribution in [1.82, 2.24) is 9.80 Å². The van der Waals surface area contributed by atoms with Crippen molar-refractivity contribution in [3.8, 4) is 0 Å². The topological polar surface area (TPSA) is 40.6 Å². The molecule has 6 heteroatoms. The van der Waals surface area contributed by atoms with Crippen LogP contribution in [0.25, 0.3) is 0 Å². The fourth-order valence-corrected chi connectivity index (χ4v) is 3.03. The number of hydrogen-bond donors (Lipinski definition) is 0. The van der Waals surface area contributed by atoms with Gasteiger partial charge in [-0.15, -0.1) is 0 Å². The molecule has 0 spiro atoms. The molecular formula is C16H20Cl2N2O2. The first-order valence-electron chi connectivity index (χ1n) is 7.54. The summed E-state index contributed by atoms with van der Waals surface area (Å²) >= 11 is 11.9. The molecule has 1 aliphatic rings. The molecule has 2 rings (SSSR count). The molecule has 0 N–H and O–H groups in total. The van der Waals surface area contributed by atoms with Crippen molar-refractivity contribution < 1.29 is 9.59 Å². The van der Waals surface area contributed by atoms with Gasteiger partial charge in [-0.1, -0.05) is 36.5 Å². The van der Waals surface area contributed by atoms with Crippen LogP contribution in [0.4, 0.5) is 0 Å². The standard InChI is InChI=1S/C16H20Cl2N2O2/c1-2-3-4-15(21)19-5-7-20(8-6-19)16(22)12-9-13(17)11-14(18)10-12/h9-11H,2-8H2,1H3. The Morgan fingerprint density at radius 3 is 2.09 bits per heavy atom. The van der Waals surface area contributed by atoms with E-state index in [1.807, 2.05) is 4.90 Å². The van der Waals surface area contributed by atoms with Crippen molar-refractivity contribution in [2.24, 2.45) is 0 Å². The third-order valence-corrected chi connectivity index (χ3v) is 4.21. The molecule has 0 saturated carbocycles. The Kier molecular flexibility index (Phi) is 6.09. The molecule has 1 aliphatic heterocycles. The van der Waals surface area contributed by atoms with E-state index < -0.39 is 0 Å². The molecule has 0 unspecified atom stereocenters. The summed E-state index contributed by atoms with van der Waals surface area (Å²) in [6.45, 7) is 4.33. The first-order chi connectivity index (χ1) is 10.5. The van der Waals surface area contributed by atoms with Gasteiger partial charge in [-0.05, 0) is 24.6 Å². The molecule has 0 aromatic heterocycles. The third kappa shape index (κ3) is 4.37. The first kappa shape index (κ1) is 17.1. The third-order valence-electron chi connectivity index (χ3n) is 3.77. The minimum Gasteiger partial charge on any atom is -0.339 e. The largest absolute Gasteiger partial charge is 0.339 e. The number of carbonyl (C=O) groups is 2. The van der Waals surface area contributed by atoms with Crippen LogP contribution in [-0.2, 0) is 4.79 Å². The molecule has 2 amide bonds. The lowest BCUT2D eigenvalue weighted by atomic mass is 10.1. The Morgan fingerprint density at radius 1 is 1.00 bits per heavy atom. The summed E-state index contributed by atoms with van der Waals surface area (Å²) in [6.07, 6.45) is 2.52. The summed E-state index contributed by atoms with van der Waals surface area (Å²) in [5.41, 5.74) is 0.489. The van der Waals surface area contributed by atoms with E-state index in [1.165, 1.54) is 0 Å². The van der Waals surface area contributed by atoms with Crippen LogP contribution in [0.3, 0.4) is 0 Å². The average molecular weight is 343 g/mol. The molecule has 0 bridgehead atoms. The van der Waals surface area contributed by atoms with Crippen molar-refractivity contribution >= 4 is 35.0 Å². The van der Waals surface area contributed by atoms with Crippen LogP contribution in [0.15, 0.2) is 18.2 Å². The van der Waals surface area contributed by atoms with Crippen molar-refractivity contribution in [3.05, 3.63) is 33.8 Å². The molecule has 4 nitrogen and oxygen atoms in total. The fraction of sp³-hybridized carbons (Fsp3) is 0.500. The van der Waals surface area contributed by atoms with E-state index in [0.29, 0.717) is 48.2 Å². The van der Waals surface area contributed by atoms with E-state index >= 15 is 0 Å². The fourth-order valence-electron chi connectivity index (χ4n) is 2.50. The quantitative estimate of drug-likeness (QED) is 0.840. The summed E-state index contributed by atoms with van der Waals surface area (Å²) in [6, 6.07) is 4.84. The van der Waals surface area contributed by atoms with Gasteiger partial charge >= 0.3 is 0 Å². The van der Waals surface area contributed by atoms with Crippen LogP contribution < -0.4 is 0 Å². The van der Waals surface area contributed by atoms with E-state index in [2.05, 4.69) is 6.92 Å². The number of rotatable bonds is 4. The lowest BCUT2D eigenvalue weighted by molar-refractivity contribution is -0.132. The Morgan fingerprint density at radius 2 is 1.55 bits per heavy atom. The van der Waals surface area contributed by atoms with E-state index in [-0.39, 0.29) is 11.8 Å². The highest BCUT2D eigenvalue weighted by atomic mass is 35.5. The normalized spacial score (nSPS) is 15.0. The highest BCUT2D eigenvalue weighted by Crippen LogP contribution is 2.20. The van der Waals surface area contributed by atoms with Gasteiger partial charge in [0.1, 0.15) is 0 Å². The second kappa shape index (κ2) is 7.84. The number of piperazine rings is 1. The molecule has 22 heavy (non-hydrogen) atoms. The number of halogens is 2. The van der Waals surface area contributed by atoms with Crippen LogP contribution >= 0.6 is 23.2 Å². The first-order valence-corrected chi connectivity index (χ1v) is 8.30. The summed E-state index contributed by atoms with van der Waals surface area (Å²) in [5, 5.41) is 0.897. The van der Waals surface area contributed by atoms with Gasteiger partial charge in [-0.3, -0.25) is 9.59 Å². The lowest BCUT2D eigenvalue weighted by Gasteiger charge is -2.35. The SMILES string of the molecule is CCCCC(=O)N1CCN(C(=O)c2cc(Cl)cc(Cl)c2)CC1. The van der Waals surface area contributed by atoms with E-state index in [0.717, 1.165) is 12.8 Å². The number of benzene rings is 1. The molecule has 1 heterocycles. The van der Waals surface area contributed by atoms with E-state index in [9.17, 15) is 9.59 Å². The molecule has 1 saturated heterocycles. The van der Waals surface area contributed by atoms with E-state index in [4.69, 9.17) is 23.2 Å². The summed E-state index contributed by atoms with van der Waals surface area (Å²) in [7, 11) is 0. The van der Waals surface area contributed by atoms with E-state index in [1.54, 1.807) is 23.1 Å². The van der Waals surface area contributed by atoms with Crippen LogP contribution in [0.2, 0.25) is 10.0 Å². The number of nitrogens with zero attached hydrogens (tertiary/aromatic N) is 2. The number of hydrogen-bond acceptors (Lipinski definition) is 2. The monoisotopic (exact) mass is 342 g/mol. The predicted molar refractivity (Wildman–Crippen MR) is 88.5 cm³/mol. The van der Waals surface area contributed by atoms with Crippen molar-refractivity contribution in [1.29, 1.82) is 0 Å². The smallest absolute Gasteiger partial charge is 0.254 e. The van der Waals surface area contributed by atoms with Gasteiger partial charge in [0.25, 0.3) is 5.91 Å². The maximum atomic E-state index is 12.5. The Bertz CT molecular complexity index is 535. The number of carbonyl (C=O) groups excluding carboxylic acids is 2. The van der Waals surface area contributed by atoms with Crippen LogP contribution in [0.5, 0.6) is 0 Å². The minimum atomic E-state index is -0.0925. The summed E-state index contributed by atoms with van der Waals surface area (Å²) in [5.74, 6) is 0.0878. The zero-order valence-corrected chi connectivity index (χ0v) is 14.2. The molecular weight excluding hydrogens is 323 g/mol. The zero-order chi connectivity index (χ0) is 16.1. The van der Waals surface area contributed by atoms with Gasteiger partial charge in [-0.2, -0.15) is 0 Å². The lowest BCUT2D eigenvalue weighted by Crippen LogP contribution is -2.50. The highest BCUT2D eigenvalue weighted by Gasteiger charge is 2.24. The molecule has 1 fully saturated rings. The minimum absolute atomic E-state index is 0.0925. The second-order valence-corrected chi connectivity index (χ2v) is 6.31. The molecule has 0 aliphatic carbocycles. The number of amides is 2. The van der Waals surface area contributed by atoms with Gasteiger partial charge in [0.15, 0.2) is 0 Å². The van der Waals surface area contributed by atoms with Gasteiger partial charge < -0.3 is 9.80 Å². The van der Waals surface area contributed by atoms with Gasteiger partial charge in [0.2, 0.25) is 5.91 Å². The van der Waals surface area contributed by atoms with Gasteiger partial charge in [0.05, 0.1) is 0 Å². The van der Waals surface area contributed by atoms with Crippen molar-refractivity contribution in [2.45, 2.75) is 26.2 Å². The summed E-state index contributed by atoms with van der Waals surface area (Å²) in [4.78, 5) is 28.0.